The van der Waals surface area contributed by atoms with E-state index in [0.717, 1.165) is 42.7 Å². The molecule has 2 aromatic heterocycles. The van der Waals surface area contributed by atoms with Crippen molar-refractivity contribution in [3.63, 3.8) is 0 Å². The number of phenolic OH excluding ortho intramolecular Hbond substituents is 1. The Hall–Kier alpha value is -4.37. The van der Waals surface area contributed by atoms with Gasteiger partial charge in [-0.05, 0) is 60.9 Å². The van der Waals surface area contributed by atoms with Crippen LogP contribution in [0.4, 0.5) is 10.5 Å². The normalized spacial score (nSPS) is 13.3. The highest BCUT2D eigenvalue weighted by Gasteiger charge is 2.26. The van der Waals surface area contributed by atoms with E-state index in [1.807, 2.05) is 30.3 Å². The number of phenols is 1. The molecule has 1 saturated carbocycles. The van der Waals surface area contributed by atoms with E-state index < -0.39 is 5.91 Å². The van der Waals surface area contributed by atoms with Crippen LogP contribution in [0.1, 0.15) is 53.2 Å². The molecule has 2 aromatic carbocycles. The molecule has 5 rings (SSSR count). The monoisotopic (exact) mass is 545 g/mol. The van der Waals surface area contributed by atoms with Crippen LogP contribution in [-0.4, -0.2) is 38.9 Å². The SMILES string of the molecule is COc1ccc(CNC(=O)n2nc(-c3ccc(NC(=O)c4cccnc4Cl)cc3O)cc2C2CCCC2)cc1. The van der Waals surface area contributed by atoms with Crippen LogP contribution < -0.4 is 15.4 Å². The molecular formula is C29H28ClN5O4. The minimum atomic E-state index is -0.443. The van der Waals surface area contributed by atoms with Gasteiger partial charge in [-0.2, -0.15) is 9.78 Å². The number of pyridine rings is 1. The fraction of sp³-hybridized carbons (Fsp3) is 0.241. The maximum Gasteiger partial charge on any atom is 0.342 e. The lowest BCUT2D eigenvalue weighted by atomic mass is 10.0. The first-order valence-electron chi connectivity index (χ1n) is 12.7. The first-order chi connectivity index (χ1) is 18.9. The van der Waals surface area contributed by atoms with Crippen molar-refractivity contribution >= 4 is 29.2 Å². The number of aromatic hydroxyl groups is 1. The van der Waals surface area contributed by atoms with E-state index in [0.29, 0.717) is 23.5 Å². The fourth-order valence-electron chi connectivity index (χ4n) is 4.78. The van der Waals surface area contributed by atoms with Crippen LogP contribution in [0.2, 0.25) is 5.15 Å². The van der Waals surface area contributed by atoms with Crippen molar-refractivity contribution in [3.8, 4) is 22.8 Å². The molecule has 2 heterocycles. The van der Waals surface area contributed by atoms with Crippen LogP contribution in [0.5, 0.6) is 11.5 Å². The Kier molecular flexibility index (Phi) is 7.79. The highest BCUT2D eigenvalue weighted by molar-refractivity contribution is 6.33. The molecule has 1 aliphatic rings. The summed E-state index contributed by atoms with van der Waals surface area (Å²) in [5.41, 5.74) is 3.28. The number of hydrogen-bond acceptors (Lipinski definition) is 6. The maximum absolute atomic E-state index is 13.2. The molecule has 2 amide bonds. The Morgan fingerprint density at radius 2 is 1.87 bits per heavy atom. The molecule has 0 saturated heterocycles. The first-order valence-corrected chi connectivity index (χ1v) is 13.1. The van der Waals surface area contributed by atoms with Gasteiger partial charge in [-0.3, -0.25) is 4.79 Å². The standard InChI is InChI=1S/C29H28ClN5O4/c1-39-21-11-8-18(9-12-21)17-32-29(38)35-25(19-5-2-3-6-19)16-24(34-35)22-13-10-20(15-26(22)36)33-28(37)23-7-4-14-31-27(23)30/h4,7-16,19,36H,2-3,5-6,17H2,1H3,(H,32,38)(H,33,37). The van der Waals surface area contributed by atoms with Crippen LogP contribution >= 0.6 is 11.6 Å². The van der Waals surface area contributed by atoms with E-state index >= 15 is 0 Å². The van der Waals surface area contributed by atoms with E-state index in [4.69, 9.17) is 16.3 Å². The highest BCUT2D eigenvalue weighted by Crippen LogP contribution is 2.38. The molecule has 10 heteroatoms. The summed E-state index contributed by atoms with van der Waals surface area (Å²) >= 11 is 6.02. The molecule has 0 atom stereocenters. The zero-order valence-corrected chi connectivity index (χ0v) is 22.1. The summed E-state index contributed by atoms with van der Waals surface area (Å²) in [5.74, 6) is 0.437. The predicted molar refractivity (Wildman–Crippen MR) is 148 cm³/mol. The number of anilines is 1. The van der Waals surface area contributed by atoms with Gasteiger partial charge in [-0.25, -0.2) is 9.78 Å². The molecule has 3 N–H and O–H groups in total. The van der Waals surface area contributed by atoms with Crippen LogP contribution in [-0.2, 0) is 6.54 Å². The third-order valence-corrected chi connectivity index (χ3v) is 7.14. The van der Waals surface area contributed by atoms with E-state index in [9.17, 15) is 14.7 Å². The van der Waals surface area contributed by atoms with Crippen molar-refractivity contribution in [1.29, 1.82) is 0 Å². The molecule has 0 spiro atoms. The largest absolute Gasteiger partial charge is 0.507 e. The van der Waals surface area contributed by atoms with E-state index in [-0.39, 0.29) is 28.4 Å². The van der Waals surface area contributed by atoms with E-state index in [1.165, 1.54) is 16.9 Å². The Labute approximate surface area is 230 Å². The number of halogens is 1. The molecule has 1 fully saturated rings. The highest BCUT2D eigenvalue weighted by atomic mass is 35.5. The third kappa shape index (κ3) is 5.88. The van der Waals surface area contributed by atoms with Gasteiger partial charge in [0.2, 0.25) is 0 Å². The minimum absolute atomic E-state index is 0.0775. The van der Waals surface area contributed by atoms with Gasteiger partial charge < -0.3 is 20.5 Å². The zero-order valence-electron chi connectivity index (χ0n) is 21.4. The van der Waals surface area contributed by atoms with Crippen molar-refractivity contribution in [3.05, 3.63) is 88.8 Å². The Balaban J connectivity index is 1.36. The van der Waals surface area contributed by atoms with Gasteiger partial charge in [0.1, 0.15) is 16.7 Å². The fourth-order valence-corrected chi connectivity index (χ4v) is 4.98. The lowest BCUT2D eigenvalue weighted by molar-refractivity contribution is 0.102. The number of methoxy groups -OCH3 is 1. The predicted octanol–water partition coefficient (Wildman–Crippen LogP) is 5.98. The molecule has 200 valence electrons. The second-order valence-electron chi connectivity index (χ2n) is 9.38. The summed E-state index contributed by atoms with van der Waals surface area (Å²) in [6.07, 6.45) is 5.64. The van der Waals surface area contributed by atoms with Gasteiger partial charge in [0.05, 0.1) is 24.1 Å². The molecule has 4 aromatic rings. The van der Waals surface area contributed by atoms with Gasteiger partial charge in [-0.1, -0.05) is 36.6 Å². The third-order valence-electron chi connectivity index (χ3n) is 6.84. The van der Waals surface area contributed by atoms with E-state index in [1.54, 1.807) is 31.4 Å². The van der Waals surface area contributed by atoms with Crippen LogP contribution in [0.3, 0.4) is 0 Å². The second-order valence-corrected chi connectivity index (χ2v) is 9.74. The van der Waals surface area contributed by atoms with Gasteiger partial charge >= 0.3 is 6.03 Å². The van der Waals surface area contributed by atoms with Crippen LogP contribution in [0.15, 0.2) is 66.9 Å². The second kappa shape index (κ2) is 11.6. The summed E-state index contributed by atoms with van der Waals surface area (Å²) < 4.78 is 6.60. The topological polar surface area (TPSA) is 118 Å². The summed E-state index contributed by atoms with van der Waals surface area (Å²) in [6.45, 7) is 0.336. The van der Waals surface area contributed by atoms with Crippen molar-refractivity contribution in [2.75, 3.05) is 12.4 Å². The van der Waals surface area contributed by atoms with Crippen LogP contribution in [0.25, 0.3) is 11.3 Å². The quantitative estimate of drug-likeness (QED) is 0.246. The number of rotatable bonds is 7. The Morgan fingerprint density at radius 1 is 1.10 bits per heavy atom. The molecule has 0 radical (unpaired) electrons. The van der Waals surface area contributed by atoms with E-state index in [2.05, 4.69) is 20.7 Å². The summed E-state index contributed by atoms with van der Waals surface area (Å²) in [5, 5.41) is 21.2. The number of nitrogens with zero attached hydrogens (tertiary/aromatic N) is 3. The summed E-state index contributed by atoms with van der Waals surface area (Å²) in [4.78, 5) is 29.7. The first kappa shape index (κ1) is 26.2. The lowest BCUT2D eigenvalue weighted by Gasteiger charge is -2.12. The Bertz CT molecular complexity index is 1500. The Morgan fingerprint density at radius 3 is 2.56 bits per heavy atom. The smallest absolute Gasteiger partial charge is 0.342 e. The molecule has 0 aliphatic heterocycles. The number of carbonyl (C=O) groups excluding carboxylic acids is 2. The van der Waals surface area contributed by atoms with Gasteiger partial charge in [0.15, 0.2) is 0 Å². The minimum Gasteiger partial charge on any atom is -0.507 e. The van der Waals surface area contributed by atoms with Crippen LogP contribution in [0, 0.1) is 0 Å². The van der Waals surface area contributed by atoms with Crippen molar-refractivity contribution in [1.82, 2.24) is 20.1 Å². The van der Waals surface area contributed by atoms with Crippen molar-refractivity contribution < 1.29 is 19.4 Å². The molecule has 0 unspecified atom stereocenters. The maximum atomic E-state index is 13.2. The average Bonchev–Trinajstić information content (AvgIpc) is 3.63. The zero-order chi connectivity index (χ0) is 27.4. The number of ether oxygens (including phenoxy) is 1. The summed E-state index contributed by atoms with van der Waals surface area (Å²) in [7, 11) is 1.61. The number of hydrogen-bond donors (Lipinski definition) is 3. The molecular weight excluding hydrogens is 518 g/mol. The number of nitrogens with one attached hydrogen (secondary N) is 2. The summed E-state index contributed by atoms with van der Waals surface area (Å²) in [6, 6.07) is 17.0. The lowest BCUT2D eigenvalue weighted by Crippen LogP contribution is -2.30. The number of aromatic nitrogens is 3. The van der Waals surface area contributed by atoms with Gasteiger partial charge in [-0.15, -0.1) is 0 Å². The van der Waals surface area contributed by atoms with Gasteiger partial charge in [0, 0.05) is 36.0 Å². The number of benzene rings is 2. The number of carbonyl (C=O) groups is 2. The van der Waals surface area contributed by atoms with Crippen molar-refractivity contribution in [2.45, 2.75) is 38.1 Å². The average molecular weight is 546 g/mol. The van der Waals surface area contributed by atoms with Gasteiger partial charge in [0.25, 0.3) is 5.91 Å². The molecule has 39 heavy (non-hydrogen) atoms. The number of amides is 2. The molecule has 9 nitrogen and oxygen atoms in total. The van der Waals surface area contributed by atoms with Crippen molar-refractivity contribution in [2.24, 2.45) is 0 Å². The molecule has 1 aliphatic carbocycles. The molecule has 0 bridgehead atoms.